The zero-order valence-corrected chi connectivity index (χ0v) is 15.1. The molecule has 1 aromatic heterocycles. The predicted octanol–water partition coefficient (Wildman–Crippen LogP) is 3.86. The number of nitrogens with one attached hydrogen (secondary N) is 2. The van der Waals surface area contributed by atoms with E-state index in [9.17, 15) is 4.79 Å². The molecule has 1 unspecified atom stereocenters. The van der Waals surface area contributed by atoms with Crippen molar-refractivity contribution in [3.8, 4) is 5.75 Å². The molecule has 26 heavy (non-hydrogen) atoms. The average Bonchev–Trinajstić information content (AvgIpc) is 2.63. The van der Waals surface area contributed by atoms with Gasteiger partial charge in [0.2, 0.25) is 5.91 Å². The van der Waals surface area contributed by atoms with Crippen LogP contribution in [-0.4, -0.2) is 28.0 Å². The van der Waals surface area contributed by atoms with E-state index in [0.29, 0.717) is 11.5 Å². The summed E-state index contributed by atoms with van der Waals surface area (Å²) in [4.78, 5) is 21.0. The molecule has 3 rings (SSSR count). The van der Waals surface area contributed by atoms with Crippen LogP contribution >= 0.6 is 0 Å². The highest BCUT2D eigenvalue weighted by Crippen LogP contribution is 2.20. The van der Waals surface area contributed by atoms with E-state index in [4.69, 9.17) is 4.74 Å². The van der Waals surface area contributed by atoms with Crippen LogP contribution in [-0.2, 0) is 4.79 Å². The summed E-state index contributed by atoms with van der Waals surface area (Å²) in [5.41, 5.74) is 1.55. The van der Waals surface area contributed by atoms with Crippen molar-refractivity contribution >= 4 is 28.3 Å². The molecule has 1 amide bonds. The molecule has 0 saturated carbocycles. The minimum Gasteiger partial charge on any atom is -0.491 e. The summed E-state index contributed by atoms with van der Waals surface area (Å²) in [6.07, 6.45) is 1.60. The lowest BCUT2D eigenvalue weighted by Crippen LogP contribution is -2.32. The van der Waals surface area contributed by atoms with E-state index in [0.717, 1.165) is 16.7 Å². The van der Waals surface area contributed by atoms with Crippen molar-refractivity contribution in [3.63, 3.8) is 0 Å². The number of para-hydroxylation sites is 1. The normalized spacial score (nSPS) is 12.0. The van der Waals surface area contributed by atoms with E-state index in [2.05, 4.69) is 20.6 Å². The van der Waals surface area contributed by atoms with Crippen LogP contribution in [0.25, 0.3) is 10.9 Å². The topological polar surface area (TPSA) is 76.1 Å². The quantitative estimate of drug-likeness (QED) is 0.706. The Kier molecular flexibility index (Phi) is 5.31. The molecule has 134 valence electrons. The summed E-state index contributed by atoms with van der Waals surface area (Å²) in [6, 6.07) is 14.5. The Morgan fingerprint density at radius 2 is 1.73 bits per heavy atom. The summed E-state index contributed by atoms with van der Waals surface area (Å²) in [6.45, 7) is 5.74. The van der Waals surface area contributed by atoms with Crippen LogP contribution in [0.5, 0.6) is 5.75 Å². The second kappa shape index (κ2) is 7.82. The molecule has 6 nitrogen and oxygen atoms in total. The Morgan fingerprint density at radius 1 is 1.00 bits per heavy atom. The molecule has 0 aliphatic carbocycles. The standard InChI is InChI=1S/C20H22N4O2/c1-13(2)26-16-10-8-15(9-11-16)24-20(25)14(3)23-19-17-6-4-5-7-18(17)21-12-22-19/h4-14H,1-3H3,(H,24,25)(H,21,22,23). The van der Waals surface area contributed by atoms with Gasteiger partial charge in [-0.1, -0.05) is 12.1 Å². The van der Waals surface area contributed by atoms with Crippen molar-refractivity contribution in [3.05, 3.63) is 54.9 Å². The monoisotopic (exact) mass is 350 g/mol. The van der Waals surface area contributed by atoms with Gasteiger partial charge >= 0.3 is 0 Å². The van der Waals surface area contributed by atoms with Gasteiger partial charge in [-0.05, 0) is 57.2 Å². The fourth-order valence-corrected chi connectivity index (χ4v) is 2.53. The molecule has 1 atom stereocenters. The van der Waals surface area contributed by atoms with Gasteiger partial charge in [0.1, 0.15) is 23.9 Å². The fraction of sp³-hybridized carbons (Fsp3) is 0.250. The highest BCUT2D eigenvalue weighted by atomic mass is 16.5. The van der Waals surface area contributed by atoms with E-state index >= 15 is 0 Å². The summed E-state index contributed by atoms with van der Waals surface area (Å²) in [5.74, 6) is 1.26. The zero-order chi connectivity index (χ0) is 18.5. The van der Waals surface area contributed by atoms with E-state index in [1.54, 1.807) is 6.92 Å². The number of hydrogen-bond acceptors (Lipinski definition) is 5. The van der Waals surface area contributed by atoms with Gasteiger partial charge < -0.3 is 15.4 Å². The van der Waals surface area contributed by atoms with Gasteiger partial charge in [0, 0.05) is 11.1 Å². The Balaban J connectivity index is 1.66. The molecule has 0 aliphatic heterocycles. The number of rotatable bonds is 6. The van der Waals surface area contributed by atoms with Crippen molar-refractivity contribution in [1.29, 1.82) is 0 Å². The average molecular weight is 350 g/mol. The third-order valence-corrected chi connectivity index (χ3v) is 3.78. The van der Waals surface area contributed by atoms with Crippen LogP contribution in [0.1, 0.15) is 20.8 Å². The van der Waals surface area contributed by atoms with Crippen molar-refractivity contribution < 1.29 is 9.53 Å². The maximum atomic E-state index is 12.5. The van der Waals surface area contributed by atoms with Gasteiger partial charge in [-0.3, -0.25) is 4.79 Å². The molecule has 0 radical (unpaired) electrons. The molecule has 0 saturated heterocycles. The van der Waals surface area contributed by atoms with Crippen LogP contribution in [0.2, 0.25) is 0 Å². The smallest absolute Gasteiger partial charge is 0.246 e. The number of fused-ring (bicyclic) bond motifs is 1. The highest BCUT2D eigenvalue weighted by molar-refractivity contribution is 5.98. The van der Waals surface area contributed by atoms with Gasteiger partial charge in [0.25, 0.3) is 0 Å². The molecule has 6 heteroatoms. The van der Waals surface area contributed by atoms with Gasteiger partial charge in [0.15, 0.2) is 0 Å². The van der Waals surface area contributed by atoms with Crippen molar-refractivity contribution in [1.82, 2.24) is 9.97 Å². The zero-order valence-electron chi connectivity index (χ0n) is 15.1. The Morgan fingerprint density at radius 3 is 2.46 bits per heavy atom. The number of benzene rings is 2. The molecule has 2 N–H and O–H groups in total. The number of carbonyl (C=O) groups excluding carboxylic acids is 1. The SMILES string of the molecule is CC(C)Oc1ccc(NC(=O)C(C)Nc2ncnc3ccccc23)cc1. The molecule has 2 aromatic carbocycles. The summed E-state index contributed by atoms with van der Waals surface area (Å²) >= 11 is 0. The number of hydrogen-bond donors (Lipinski definition) is 2. The first-order chi connectivity index (χ1) is 12.5. The van der Waals surface area contributed by atoms with Crippen molar-refractivity contribution in [2.24, 2.45) is 0 Å². The highest BCUT2D eigenvalue weighted by Gasteiger charge is 2.15. The number of ether oxygens (including phenoxy) is 1. The number of carbonyl (C=O) groups is 1. The van der Waals surface area contributed by atoms with Crippen LogP contribution < -0.4 is 15.4 Å². The van der Waals surface area contributed by atoms with Gasteiger partial charge in [-0.2, -0.15) is 0 Å². The largest absolute Gasteiger partial charge is 0.491 e. The number of nitrogens with zero attached hydrogens (tertiary/aromatic N) is 2. The first-order valence-corrected chi connectivity index (χ1v) is 8.57. The maximum absolute atomic E-state index is 12.5. The first kappa shape index (κ1) is 17.7. The van der Waals surface area contributed by atoms with Gasteiger partial charge in [-0.15, -0.1) is 0 Å². The minimum atomic E-state index is -0.458. The van der Waals surface area contributed by atoms with E-state index in [-0.39, 0.29) is 12.0 Å². The van der Waals surface area contributed by atoms with E-state index in [1.165, 1.54) is 6.33 Å². The second-order valence-electron chi connectivity index (χ2n) is 6.29. The molecule has 0 spiro atoms. The number of anilines is 2. The number of amides is 1. The van der Waals surface area contributed by atoms with Gasteiger partial charge in [0.05, 0.1) is 11.6 Å². The Bertz CT molecular complexity index is 888. The van der Waals surface area contributed by atoms with Crippen LogP contribution in [0.15, 0.2) is 54.9 Å². The predicted molar refractivity (Wildman–Crippen MR) is 103 cm³/mol. The molecule has 3 aromatic rings. The van der Waals surface area contributed by atoms with E-state index in [1.807, 2.05) is 62.4 Å². The minimum absolute atomic E-state index is 0.113. The fourth-order valence-electron chi connectivity index (χ4n) is 2.53. The molecule has 0 fully saturated rings. The van der Waals surface area contributed by atoms with E-state index < -0.39 is 6.04 Å². The summed E-state index contributed by atoms with van der Waals surface area (Å²) in [5, 5.41) is 6.92. The van der Waals surface area contributed by atoms with Crippen LogP contribution in [0.4, 0.5) is 11.5 Å². The van der Waals surface area contributed by atoms with Crippen LogP contribution in [0.3, 0.4) is 0 Å². The lowest BCUT2D eigenvalue weighted by molar-refractivity contribution is -0.116. The molecular formula is C20H22N4O2. The third-order valence-electron chi connectivity index (χ3n) is 3.78. The Hall–Kier alpha value is -3.15. The second-order valence-corrected chi connectivity index (χ2v) is 6.29. The summed E-state index contributed by atoms with van der Waals surface area (Å²) < 4.78 is 5.60. The maximum Gasteiger partial charge on any atom is 0.246 e. The van der Waals surface area contributed by atoms with Crippen LogP contribution in [0, 0.1) is 0 Å². The molecular weight excluding hydrogens is 328 g/mol. The summed E-state index contributed by atoms with van der Waals surface area (Å²) in [7, 11) is 0. The Labute approximate surface area is 152 Å². The van der Waals surface area contributed by atoms with Crippen molar-refractivity contribution in [2.45, 2.75) is 32.9 Å². The first-order valence-electron chi connectivity index (χ1n) is 8.57. The lowest BCUT2D eigenvalue weighted by Gasteiger charge is -2.16. The number of aromatic nitrogens is 2. The molecule has 1 heterocycles. The molecule has 0 aliphatic rings. The lowest BCUT2D eigenvalue weighted by atomic mass is 10.2. The van der Waals surface area contributed by atoms with Gasteiger partial charge in [-0.25, -0.2) is 9.97 Å². The molecule has 0 bridgehead atoms. The third kappa shape index (κ3) is 4.27. The van der Waals surface area contributed by atoms with Crippen molar-refractivity contribution in [2.75, 3.05) is 10.6 Å².